The molecular formula is C47H56N8O8. The van der Waals surface area contributed by atoms with Crippen LogP contribution >= 0.6 is 0 Å². The Labute approximate surface area is 365 Å². The predicted molar refractivity (Wildman–Crippen MR) is 235 cm³/mol. The first kappa shape index (κ1) is 42.2. The van der Waals surface area contributed by atoms with Crippen molar-refractivity contribution >= 4 is 45.8 Å². The lowest BCUT2D eigenvalue weighted by Crippen LogP contribution is -2.54. The minimum Gasteiger partial charge on any atom is -0.488 e. The van der Waals surface area contributed by atoms with Crippen molar-refractivity contribution in [1.82, 2.24) is 40.4 Å². The standard InChI is InChI=1S/C47H56N8O8/c1-24(2)39(52-46(58)60-5)44(56)55-26(4)8-14-37(55)43-49-34-12-10-28-20-33-31-11-9-29(19-30(31)23-63-38(33)21-32(28)41(34)51-43)35-22-48-42(50-35)36-13-7-25(3)54(36)45(57)40(53-47(59)61-6)27-15-17-62-18-16-27/h9-12,19-22,24-27,36-37,39-40H,7-8,13-18,23H2,1-6H3,(H,48,50)(H,49,51)(H,52,58)(H,53,59)/t25-,26-,36-,37-,39-,40-/m0/s1. The Kier molecular flexibility index (Phi) is 11.5. The zero-order valence-corrected chi connectivity index (χ0v) is 36.7. The number of H-pyrrole nitrogens is 2. The molecule has 4 aliphatic heterocycles. The minimum absolute atomic E-state index is 0.0276. The molecule has 9 rings (SSSR count). The average Bonchev–Trinajstić information content (AvgIpc) is 4.12. The number of benzene rings is 3. The molecule has 16 nitrogen and oxygen atoms in total. The molecule has 16 heteroatoms. The maximum Gasteiger partial charge on any atom is 0.407 e. The van der Waals surface area contributed by atoms with Crippen LogP contribution in [0.15, 0.2) is 48.7 Å². The van der Waals surface area contributed by atoms with E-state index in [1.54, 1.807) is 0 Å². The lowest BCUT2D eigenvalue weighted by Gasteiger charge is -2.36. The third kappa shape index (κ3) is 7.82. The van der Waals surface area contributed by atoms with Crippen molar-refractivity contribution in [3.8, 4) is 28.1 Å². The summed E-state index contributed by atoms with van der Waals surface area (Å²) in [5, 5.41) is 7.54. The van der Waals surface area contributed by atoms with Crippen molar-refractivity contribution in [2.75, 3.05) is 27.4 Å². The van der Waals surface area contributed by atoms with Gasteiger partial charge in [-0.3, -0.25) is 9.59 Å². The van der Waals surface area contributed by atoms with Gasteiger partial charge in [0.25, 0.3) is 0 Å². The molecule has 5 aromatic rings. The molecule has 332 valence electrons. The van der Waals surface area contributed by atoms with Crippen LogP contribution in [0.1, 0.15) is 95.5 Å². The minimum atomic E-state index is -0.728. The van der Waals surface area contributed by atoms with Crippen LogP contribution in [0.2, 0.25) is 0 Å². The predicted octanol–water partition coefficient (Wildman–Crippen LogP) is 7.30. The lowest BCUT2D eigenvalue weighted by atomic mass is 9.90. The fourth-order valence-electron chi connectivity index (χ4n) is 10.2. The summed E-state index contributed by atoms with van der Waals surface area (Å²) in [6.07, 6.45) is 5.06. The maximum absolute atomic E-state index is 14.3. The van der Waals surface area contributed by atoms with Crippen LogP contribution in [0.25, 0.3) is 44.2 Å². The molecule has 6 heterocycles. The number of likely N-dealkylation sites (tertiary alicyclic amines) is 2. The number of methoxy groups -OCH3 is 2. The summed E-state index contributed by atoms with van der Waals surface area (Å²) in [6.45, 7) is 9.37. The zero-order valence-electron chi connectivity index (χ0n) is 36.7. The van der Waals surface area contributed by atoms with Crippen LogP contribution in [0.3, 0.4) is 0 Å². The number of nitrogens with zero attached hydrogens (tertiary/aromatic N) is 4. The number of ether oxygens (including phenoxy) is 4. The van der Waals surface area contributed by atoms with Crippen molar-refractivity contribution in [3.05, 3.63) is 65.9 Å². The van der Waals surface area contributed by atoms with Gasteiger partial charge in [-0.15, -0.1) is 0 Å². The molecule has 0 unspecified atom stereocenters. The molecule has 4 amide bonds. The van der Waals surface area contributed by atoms with Crippen molar-refractivity contribution < 1.29 is 38.1 Å². The fraction of sp³-hybridized carbons (Fsp3) is 0.489. The van der Waals surface area contributed by atoms with Gasteiger partial charge in [-0.05, 0) is 111 Å². The normalized spacial score (nSPS) is 22.1. The van der Waals surface area contributed by atoms with Gasteiger partial charge in [0.1, 0.15) is 36.1 Å². The van der Waals surface area contributed by atoms with E-state index in [-0.39, 0.29) is 47.8 Å². The van der Waals surface area contributed by atoms with E-state index in [0.29, 0.717) is 44.3 Å². The Balaban J connectivity index is 0.960. The second kappa shape index (κ2) is 17.2. The highest BCUT2D eigenvalue weighted by Crippen LogP contribution is 2.44. The first-order valence-electron chi connectivity index (χ1n) is 22.1. The van der Waals surface area contributed by atoms with Gasteiger partial charge in [-0.1, -0.05) is 32.0 Å². The lowest BCUT2D eigenvalue weighted by molar-refractivity contribution is -0.139. The number of amides is 4. The molecule has 4 N–H and O–H groups in total. The number of nitrogens with one attached hydrogen (secondary N) is 4. The summed E-state index contributed by atoms with van der Waals surface area (Å²) < 4.78 is 21.7. The molecule has 0 bridgehead atoms. The molecule has 3 fully saturated rings. The van der Waals surface area contributed by atoms with Gasteiger partial charge in [0.05, 0.1) is 49.2 Å². The van der Waals surface area contributed by atoms with E-state index in [1.807, 2.05) is 49.8 Å². The van der Waals surface area contributed by atoms with Crippen LogP contribution in [0.5, 0.6) is 5.75 Å². The first-order valence-corrected chi connectivity index (χ1v) is 22.1. The number of fused-ring (bicyclic) bond motifs is 6. The molecule has 4 aliphatic rings. The topological polar surface area (TPSA) is 193 Å². The number of hydrogen-bond donors (Lipinski definition) is 4. The van der Waals surface area contributed by atoms with Gasteiger partial charge in [0, 0.05) is 36.2 Å². The van der Waals surface area contributed by atoms with Crippen LogP contribution in [-0.2, 0) is 30.4 Å². The Morgan fingerprint density at radius 3 is 2.21 bits per heavy atom. The van der Waals surface area contributed by atoms with Gasteiger partial charge < -0.3 is 49.3 Å². The number of carbonyl (C=O) groups excluding carboxylic acids is 4. The van der Waals surface area contributed by atoms with Gasteiger partial charge in [-0.2, -0.15) is 0 Å². The zero-order chi connectivity index (χ0) is 44.1. The monoisotopic (exact) mass is 860 g/mol. The molecule has 6 atom stereocenters. The summed E-state index contributed by atoms with van der Waals surface area (Å²) in [6, 6.07) is 12.6. The summed E-state index contributed by atoms with van der Waals surface area (Å²) in [5.74, 6) is 1.73. The van der Waals surface area contributed by atoms with Crippen LogP contribution in [0, 0.1) is 11.8 Å². The molecule has 63 heavy (non-hydrogen) atoms. The molecule has 2 aromatic heterocycles. The largest absolute Gasteiger partial charge is 0.488 e. The highest BCUT2D eigenvalue weighted by Gasteiger charge is 2.44. The Bertz CT molecular complexity index is 2560. The third-order valence-corrected chi connectivity index (χ3v) is 13.6. The van der Waals surface area contributed by atoms with Gasteiger partial charge in [0.2, 0.25) is 11.8 Å². The highest BCUT2D eigenvalue weighted by atomic mass is 16.5. The van der Waals surface area contributed by atoms with Crippen LogP contribution in [-0.4, -0.2) is 105 Å². The molecule has 0 radical (unpaired) electrons. The van der Waals surface area contributed by atoms with E-state index >= 15 is 0 Å². The average molecular weight is 861 g/mol. The van der Waals surface area contributed by atoms with E-state index in [4.69, 9.17) is 28.9 Å². The molecule has 3 saturated heterocycles. The van der Waals surface area contributed by atoms with E-state index < -0.39 is 24.3 Å². The van der Waals surface area contributed by atoms with Gasteiger partial charge >= 0.3 is 12.2 Å². The Morgan fingerprint density at radius 1 is 0.794 bits per heavy atom. The number of aromatic nitrogens is 4. The van der Waals surface area contributed by atoms with Gasteiger partial charge in [0.15, 0.2) is 0 Å². The smallest absolute Gasteiger partial charge is 0.407 e. The number of rotatable bonds is 9. The first-order chi connectivity index (χ1) is 30.4. The highest BCUT2D eigenvalue weighted by molar-refractivity contribution is 6.07. The number of carbonyl (C=O) groups is 4. The Hall–Kier alpha value is -6.16. The quantitative estimate of drug-likeness (QED) is 0.117. The maximum atomic E-state index is 14.3. The SMILES string of the molecule is COC(=O)N[C@H](C(=O)N1[C@@H](C)CC[C@H]1c1nc2c(ccc3cc4c(cc32)OCc2cc(-c3cnc([C@@H]5CC[C@H](C)N5C(=O)[C@@H](NC(=O)OC)C5CCOCC5)[nH]3)ccc2-4)[nH]1)C(C)C. The van der Waals surface area contributed by atoms with E-state index in [2.05, 4.69) is 57.0 Å². The number of alkyl carbamates (subject to hydrolysis) is 2. The summed E-state index contributed by atoms with van der Waals surface area (Å²) in [5.41, 5.74) is 6.58. The fourth-order valence-corrected chi connectivity index (χ4v) is 10.2. The van der Waals surface area contributed by atoms with Crippen molar-refractivity contribution in [2.24, 2.45) is 11.8 Å². The van der Waals surface area contributed by atoms with E-state index in [9.17, 15) is 19.2 Å². The summed E-state index contributed by atoms with van der Waals surface area (Å²) >= 11 is 0. The molecule has 0 saturated carbocycles. The van der Waals surface area contributed by atoms with Crippen molar-refractivity contribution in [1.29, 1.82) is 0 Å². The molecule has 0 aliphatic carbocycles. The van der Waals surface area contributed by atoms with Crippen molar-refractivity contribution in [2.45, 2.75) is 109 Å². The molecular weight excluding hydrogens is 805 g/mol. The number of aromatic amines is 2. The van der Waals surface area contributed by atoms with Crippen molar-refractivity contribution in [3.63, 3.8) is 0 Å². The Morgan fingerprint density at radius 2 is 1.49 bits per heavy atom. The van der Waals surface area contributed by atoms with Gasteiger partial charge in [-0.25, -0.2) is 19.6 Å². The third-order valence-electron chi connectivity index (χ3n) is 13.6. The van der Waals surface area contributed by atoms with Crippen LogP contribution in [0.4, 0.5) is 9.59 Å². The summed E-state index contributed by atoms with van der Waals surface area (Å²) in [7, 11) is 2.60. The second-order valence-corrected chi connectivity index (χ2v) is 17.8. The molecule has 3 aromatic carbocycles. The number of hydrogen-bond acceptors (Lipinski definition) is 10. The summed E-state index contributed by atoms with van der Waals surface area (Å²) in [4.78, 5) is 73.6. The molecule has 0 spiro atoms. The van der Waals surface area contributed by atoms with E-state index in [1.165, 1.54) is 14.2 Å². The van der Waals surface area contributed by atoms with Crippen LogP contribution < -0.4 is 15.4 Å². The second-order valence-electron chi connectivity index (χ2n) is 17.8. The van der Waals surface area contributed by atoms with E-state index in [0.717, 1.165) is 81.2 Å². The number of imidazole rings is 2.